The summed E-state index contributed by atoms with van der Waals surface area (Å²) in [4.78, 5) is 0. The van der Waals surface area contributed by atoms with Crippen molar-refractivity contribution in [1.29, 1.82) is 0 Å². The van der Waals surface area contributed by atoms with Gasteiger partial charge in [-0.25, -0.2) is 0 Å². The molecule has 0 fully saturated rings. The zero-order valence-corrected chi connectivity index (χ0v) is 12.4. The van der Waals surface area contributed by atoms with E-state index in [1.54, 1.807) is 21.3 Å². The quantitative estimate of drug-likeness (QED) is 0.808. The van der Waals surface area contributed by atoms with E-state index in [9.17, 15) is 0 Å². The molecule has 4 heteroatoms. The molecule has 0 aliphatic carbocycles. The van der Waals surface area contributed by atoms with Crippen molar-refractivity contribution in [1.82, 2.24) is 0 Å². The molecule has 3 rings (SSSR count). The van der Waals surface area contributed by atoms with Crippen LogP contribution in [0, 0.1) is 0 Å². The lowest BCUT2D eigenvalue weighted by Crippen LogP contribution is -2.34. The Kier molecular flexibility index (Phi) is 3.68. The molecule has 110 valence electrons. The van der Waals surface area contributed by atoms with E-state index in [1.807, 2.05) is 30.3 Å². The lowest BCUT2D eigenvalue weighted by atomic mass is 9.92. The Balaban J connectivity index is 2.27. The maximum absolute atomic E-state index is 5.85. The molecular weight excluding hydrogens is 268 g/mol. The van der Waals surface area contributed by atoms with E-state index in [1.165, 1.54) is 0 Å². The number of hydrogen-bond acceptors (Lipinski definition) is 4. The van der Waals surface area contributed by atoms with Crippen molar-refractivity contribution in [3.05, 3.63) is 53.6 Å². The Morgan fingerprint density at radius 2 is 1.62 bits per heavy atom. The maximum atomic E-state index is 5.85. The van der Waals surface area contributed by atoms with Gasteiger partial charge >= 0.3 is 5.97 Å². The minimum atomic E-state index is -1.25. The average molecular weight is 286 g/mol. The smallest absolute Gasteiger partial charge is 0.311 e. The van der Waals surface area contributed by atoms with Crippen LogP contribution >= 0.6 is 0 Å². The SMILES string of the molecule is COC(OC)(OC)c1cccc2c1-c1ccccc1CO2. The first-order chi connectivity index (χ1) is 10.3. The highest BCUT2D eigenvalue weighted by atomic mass is 16.9. The Bertz CT molecular complexity index is 639. The summed E-state index contributed by atoms with van der Waals surface area (Å²) in [7, 11) is 4.67. The fourth-order valence-corrected chi connectivity index (χ4v) is 2.81. The molecule has 0 bridgehead atoms. The minimum Gasteiger partial charge on any atom is -0.488 e. The van der Waals surface area contributed by atoms with Gasteiger partial charge in [-0.15, -0.1) is 0 Å². The minimum absolute atomic E-state index is 0.562. The second-order valence-corrected chi connectivity index (χ2v) is 4.79. The third kappa shape index (κ3) is 2.12. The summed E-state index contributed by atoms with van der Waals surface area (Å²) in [5.41, 5.74) is 3.99. The predicted molar refractivity (Wildman–Crippen MR) is 78.9 cm³/mol. The van der Waals surface area contributed by atoms with Crippen LogP contribution in [0.1, 0.15) is 11.1 Å². The molecule has 1 heterocycles. The summed E-state index contributed by atoms with van der Waals surface area (Å²) in [6.07, 6.45) is 0. The summed E-state index contributed by atoms with van der Waals surface area (Å²) in [5, 5.41) is 0. The van der Waals surface area contributed by atoms with E-state index in [-0.39, 0.29) is 0 Å². The molecule has 1 aliphatic rings. The van der Waals surface area contributed by atoms with Crippen molar-refractivity contribution in [2.75, 3.05) is 21.3 Å². The lowest BCUT2D eigenvalue weighted by Gasteiger charge is -2.33. The fraction of sp³-hybridized carbons (Fsp3) is 0.294. The van der Waals surface area contributed by atoms with E-state index in [2.05, 4.69) is 12.1 Å². The maximum Gasteiger partial charge on any atom is 0.311 e. The van der Waals surface area contributed by atoms with Gasteiger partial charge in [0.15, 0.2) is 0 Å². The molecule has 0 aromatic heterocycles. The van der Waals surface area contributed by atoms with Gasteiger partial charge in [0.1, 0.15) is 12.4 Å². The summed E-state index contributed by atoms with van der Waals surface area (Å²) >= 11 is 0. The second kappa shape index (κ2) is 5.48. The molecule has 0 spiro atoms. The Labute approximate surface area is 124 Å². The molecule has 0 saturated heterocycles. The molecule has 2 aromatic carbocycles. The van der Waals surface area contributed by atoms with Crippen LogP contribution in [0.15, 0.2) is 42.5 Å². The van der Waals surface area contributed by atoms with Crippen LogP contribution in [0.2, 0.25) is 0 Å². The number of methoxy groups -OCH3 is 3. The van der Waals surface area contributed by atoms with E-state index < -0.39 is 5.97 Å². The summed E-state index contributed by atoms with van der Waals surface area (Å²) < 4.78 is 22.4. The van der Waals surface area contributed by atoms with Crippen LogP contribution in [0.25, 0.3) is 11.1 Å². The molecule has 4 nitrogen and oxygen atoms in total. The Morgan fingerprint density at radius 1 is 0.905 bits per heavy atom. The van der Waals surface area contributed by atoms with Crippen molar-refractivity contribution in [2.24, 2.45) is 0 Å². The fourth-order valence-electron chi connectivity index (χ4n) is 2.81. The number of ether oxygens (including phenoxy) is 4. The number of fused-ring (bicyclic) bond motifs is 3. The van der Waals surface area contributed by atoms with Crippen LogP contribution in [0.3, 0.4) is 0 Å². The Morgan fingerprint density at radius 3 is 2.33 bits per heavy atom. The van der Waals surface area contributed by atoms with E-state index in [0.717, 1.165) is 28.0 Å². The van der Waals surface area contributed by atoms with Crippen LogP contribution in [-0.2, 0) is 26.8 Å². The zero-order chi connectivity index (χ0) is 14.9. The largest absolute Gasteiger partial charge is 0.488 e. The molecule has 0 saturated carbocycles. The monoisotopic (exact) mass is 286 g/mol. The molecule has 2 aromatic rings. The first kappa shape index (κ1) is 14.1. The second-order valence-electron chi connectivity index (χ2n) is 4.79. The zero-order valence-electron chi connectivity index (χ0n) is 12.4. The van der Waals surface area contributed by atoms with Gasteiger partial charge in [0.25, 0.3) is 0 Å². The number of hydrogen-bond donors (Lipinski definition) is 0. The van der Waals surface area contributed by atoms with Gasteiger partial charge < -0.3 is 18.9 Å². The molecular formula is C17H18O4. The molecule has 0 N–H and O–H groups in total. The summed E-state index contributed by atoms with van der Waals surface area (Å²) in [6, 6.07) is 13.9. The van der Waals surface area contributed by atoms with Crippen molar-refractivity contribution in [2.45, 2.75) is 12.6 Å². The third-order valence-electron chi connectivity index (χ3n) is 3.83. The molecule has 21 heavy (non-hydrogen) atoms. The summed E-state index contributed by atoms with van der Waals surface area (Å²) in [6.45, 7) is 0.562. The van der Waals surface area contributed by atoms with Crippen molar-refractivity contribution in [3.63, 3.8) is 0 Å². The van der Waals surface area contributed by atoms with Crippen LogP contribution in [-0.4, -0.2) is 21.3 Å². The molecule has 0 atom stereocenters. The van der Waals surface area contributed by atoms with Crippen molar-refractivity contribution in [3.8, 4) is 16.9 Å². The van der Waals surface area contributed by atoms with Gasteiger partial charge in [0.2, 0.25) is 0 Å². The Hall–Kier alpha value is -1.88. The van der Waals surface area contributed by atoms with Gasteiger partial charge in [-0.05, 0) is 17.2 Å². The standard InChI is InChI=1S/C17H18O4/c1-18-17(19-2,20-3)14-9-6-10-15-16(14)13-8-5-4-7-12(13)11-21-15/h4-10H,11H2,1-3H3. The van der Waals surface area contributed by atoms with Gasteiger partial charge in [-0.2, -0.15) is 0 Å². The number of rotatable bonds is 4. The van der Waals surface area contributed by atoms with Crippen molar-refractivity contribution < 1.29 is 18.9 Å². The average Bonchev–Trinajstić information content (AvgIpc) is 2.57. The van der Waals surface area contributed by atoms with Crippen molar-refractivity contribution >= 4 is 0 Å². The lowest BCUT2D eigenvalue weighted by molar-refractivity contribution is -0.364. The van der Waals surface area contributed by atoms with Gasteiger partial charge in [-0.1, -0.05) is 36.4 Å². The number of benzene rings is 2. The molecule has 1 aliphatic heterocycles. The van der Waals surface area contributed by atoms with E-state index in [4.69, 9.17) is 18.9 Å². The highest BCUT2D eigenvalue weighted by molar-refractivity contribution is 5.78. The van der Waals surface area contributed by atoms with E-state index in [0.29, 0.717) is 6.61 Å². The molecule has 0 amide bonds. The highest BCUT2D eigenvalue weighted by Crippen LogP contribution is 2.44. The first-order valence-electron chi connectivity index (χ1n) is 6.75. The summed E-state index contributed by atoms with van der Waals surface area (Å²) in [5.74, 6) is -0.444. The molecule has 0 unspecified atom stereocenters. The normalized spacial score (nSPS) is 13.3. The van der Waals surface area contributed by atoms with Gasteiger partial charge in [0, 0.05) is 26.9 Å². The van der Waals surface area contributed by atoms with Crippen LogP contribution < -0.4 is 4.74 Å². The third-order valence-corrected chi connectivity index (χ3v) is 3.83. The molecule has 0 radical (unpaired) electrons. The van der Waals surface area contributed by atoms with E-state index >= 15 is 0 Å². The van der Waals surface area contributed by atoms with Gasteiger partial charge in [-0.3, -0.25) is 0 Å². The van der Waals surface area contributed by atoms with Crippen LogP contribution in [0.5, 0.6) is 5.75 Å². The van der Waals surface area contributed by atoms with Gasteiger partial charge in [0.05, 0.1) is 5.56 Å². The first-order valence-corrected chi connectivity index (χ1v) is 6.75. The predicted octanol–water partition coefficient (Wildman–Crippen LogP) is 3.30. The highest BCUT2D eigenvalue weighted by Gasteiger charge is 2.37. The topological polar surface area (TPSA) is 36.9 Å². The van der Waals surface area contributed by atoms with Crippen LogP contribution in [0.4, 0.5) is 0 Å².